The van der Waals surface area contributed by atoms with Gasteiger partial charge in [-0.05, 0) is 19.1 Å². The van der Waals surface area contributed by atoms with Gasteiger partial charge < -0.3 is 5.73 Å². The van der Waals surface area contributed by atoms with E-state index in [1.54, 1.807) is 6.92 Å². The van der Waals surface area contributed by atoms with Gasteiger partial charge in [0.1, 0.15) is 0 Å². The Bertz CT molecular complexity index is 494. The Kier molecular flexibility index (Phi) is 4.96. The second-order valence-electron chi connectivity index (χ2n) is 3.00. The summed E-state index contributed by atoms with van der Waals surface area (Å²) in [6.07, 6.45) is 0. The van der Waals surface area contributed by atoms with Crippen molar-refractivity contribution in [1.82, 2.24) is 4.72 Å². The number of thiophene rings is 1. The van der Waals surface area contributed by atoms with Gasteiger partial charge in [-0.2, -0.15) is 0 Å². The molecule has 0 atom stereocenters. The highest BCUT2D eigenvalue weighted by Crippen LogP contribution is 2.15. The molecule has 16 heavy (non-hydrogen) atoms. The maximum absolute atomic E-state index is 11.2. The van der Waals surface area contributed by atoms with Gasteiger partial charge in [-0.1, -0.05) is 11.8 Å². The molecule has 0 radical (unpaired) electrons. The molecule has 6 heteroatoms. The summed E-state index contributed by atoms with van der Waals surface area (Å²) in [7, 11) is -3.12. The van der Waals surface area contributed by atoms with Crippen LogP contribution in [0.1, 0.15) is 16.7 Å². The quantitative estimate of drug-likeness (QED) is 0.772. The van der Waals surface area contributed by atoms with Gasteiger partial charge in [0, 0.05) is 11.4 Å². The van der Waals surface area contributed by atoms with Crippen molar-refractivity contribution in [3.8, 4) is 11.8 Å². The fraction of sp³-hybridized carbons (Fsp3) is 0.400. The van der Waals surface area contributed by atoms with Gasteiger partial charge in [0.05, 0.1) is 17.2 Å². The van der Waals surface area contributed by atoms with Crippen molar-refractivity contribution in [3.63, 3.8) is 0 Å². The molecule has 0 aliphatic rings. The van der Waals surface area contributed by atoms with Gasteiger partial charge in [-0.25, -0.2) is 13.1 Å². The smallest absolute Gasteiger partial charge is 0.211 e. The topological polar surface area (TPSA) is 72.2 Å². The van der Waals surface area contributed by atoms with Gasteiger partial charge in [0.15, 0.2) is 0 Å². The van der Waals surface area contributed by atoms with Gasteiger partial charge >= 0.3 is 0 Å². The maximum atomic E-state index is 11.2. The summed E-state index contributed by atoms with van der Waals surface area (Å²) < 4.78 is 24.9. The second kappa shape index (κ2) is 6.01. The predicted molar refractivity (Wildman–Crippen MR) is 66.6 cm³/mol. The summed E-state index contributed by atoms with van der Waals surface area (Å²) in [5.74, 6) is 5.75. The summed E-state index contributed by atoms with van der Waals surface area (Å²) in [6.45, 7) is 2.26. The molecular weight excluding hydrogens is 244 g/mol. The van der Waals surface area contributed by atoms with E-state index in [0.29, 0.717) is 13.1 Å². The molecule has 0 saturated carbocycles. The van der Waals surface area contributed by atoms with Crippen LogP contribution in [-0.4, -0.2) is 20.7 Å². The van der Waals surface area contributed by atoms with Gasteiger partial charge in [-0.15, -0.1) is 11.3 Å². The number of nitrogens with one attached hydrogen (secondary N) is 1. The number of hydrogen-bond acceptors (Lipinski definition) is 4. The van der Waals surface area contributed by atoms with E-state index in [-0.39, 0.29) is 5.75 Å². The molecule has 0 aliphatic heterocycles. The Morgan fingerprint density at radius 3 is 2.88 bits per heavy atom. The van der Waals surface area contributed by atoms with Crippen LogP contribution in [0, 0.1) is 11.8 Å². The molecule has 0 bridgehead atoms. The molecule has 0 fully saturated rings. The molecule has 1 heterocycles. The highest BCUT2D eigenvalue weighted by atomic mass is 32.2. The molecule has 0 unspecified atom stereocenters. The van der Waals surface area contributed by atoms with Crippen molar-refractivity contribution in [1.29, 1.82) is 0 Å². The maximum Gasteiger partial charge on any atom is 0.211 e. The molecule has 0 spiro atoms. The number of hydrogen-bond donors (Lipinski definition) is 2. The molecule has 88 valence electrons. The molecule has 0 amide bonds. The zero-order valence-corrected chi connectivity index (χ0v) is 10.6. The zero-order valence-electron chi connectivity index (χ0n) is 8.99. The van der Waals surface area contributed by atoms with Crippen molar-refractivity contribution < 1.29 is 8.42 Å². The lowest BCUT2D eigenvalue weighted by molar-refractivity contribution is 0.583. The van der Waals surface area contributed by atoms with E-state index in [0.717, 1.165) is 9.75 Å². The lowest BCUT2D eigenvalue weighted by Crippen LogP contribution is -2.24. The predicted octanol–water partition coefficient (Wildman–Crippen LogP) is 0.498. The third kappa shape index (κ3) is 4.33. The van der Waals surface area contributed by atoms with Crippen LogP contribution >= 0.6 is 11.3 Å². The lowest BCUT2D eigenvalue weighted by Gasteiger charge is -2.01. The fourth-order valence-electron chi connectivity index (χ4n) is 0.961. The van der Waals surface area contributed by atoms with Crippen LogP contribution in [0.15, 0.2) is 12.1 Å². The summed E-state index contributed by atoms with van der Waals surface area (Å²) in [5, 5.41) is 0. The first-order valence-corrected chi connectivity index (χ1v) is 7.29. The largest absolute Gasteiger partial charge is 0.320 e. The monoisotopic (exact) mass is 258 g/mol. The molecule has 0 aliphatic carbocycles. The molecule has 1 rings (SSSR count). The van der Waals surface area contributed by atoms with Crippen molar-refractivity contribution in [3.05, 3.63) is 21.9 Å². The first kappa shape index (κ1) is 13.2. The number of sulfonamides is 1. The van der Waals surface area contributed by atoms with Crippen molar-refractivity contribution >= 4 is 21.4 Å². The number of rotatable bonds is 4. The van der Waals surface area contributed by atoms with E-state index in [4.69, 9.17) is 5.73 Å². The minimum absolute atomic E-state index is 0.0954. The Hall–Kier alpha value is -0.870. The lowest BCUT2D eigenvalue weighted by atomic mass is 10.4. The average Bonchev–Trinajstić information content (AvgIpc) is 2.72. The van der Waals surface area contributed by atoms with Crippen LogP contribution in [0.4, 0.5) is 0 Å². The molecule has 1 aromatic heterocycles. The SMILES string of the molecule is CCS(=O)(=O)NCc1ccc(C#CCN)s1. The Labute approximate surface area is 99.9 Å². The van der Waals surface area contributed by atoms with E-state index in [9.17, 15) is 8.42 Å². The van der Waals surface area contributed by atoms with Gasteiger partial charge in [0.25, 0.3) is 0 Å². The minimum atomic E-state index is -3.12. The summed E-state index contributed by atoms with van der Waals surface area (Å²) in [4.78, 5) is 1.84. The average molecular weight is 258 g/mol. The molecular formula is C10H14N2O2S2. The molecule has 4 nitrogen and oxygen atoms in total. The standard InChI is InChI=1S/C10H14N2O2S2/c1-2-16(13,14)12-8-10-6-5-9(15-10)4-3-7-11/h5-6,12H,2,7-8,11H2,1H3. The molecule has 0 saturated heterocycles. The van der Waals surface area contributed by atoms with Crippen molar-refractivity contribution in [2.45, 2.75) is 13.5 Å². The zero-order chi connectivity index (χ0) is 12.0. The Morgan fingerprint density at radius 2 is 2.25 bits per heavy atom. The highest BCUT2D eigenvalue weighted by molar-refractivity contribution is 7.89. The van der Waals surface area contributed by atoms with Gasteiger partial charge in [0.2, 0.25) is 10.0 Å². The Balaban J connectivity index is 2.60. The van der Waals surface area contributed by atoms with Crippen molar-refractivity contribution in [2.75, 3.05) is 12.3 Å². The first-order chi connectivity index (χ1) is 7.57. The summed E-state index contributed by atoms with van der Waals surface area (Å²) in [6, 6.07) is 3.73. The third-order valence-electron chi connectivity index (χ3n) is 1.82. The van der Waals surface area contributed by atoms with Gasteiger partial charge in [-0.3, -0.25) is 0 Å². The highest BCUT2D eigenvalue weighted by Gasteiger charge is 2.06. The van der Waals surface area contributed by atoms with Crippen LogP contribution in [-0.2, 0) is 16.6 Å². The van der Waals surface area contributed by atoms with E-state index < -0.39 is 10.0 Å². The van der Waals surface area contributed by atoms with E-state index in [2.05, 4.69) is 16.6 Å². The first-order valence-electron chi connectivity index (χ1n) is 4.82. The Morgan fingerprint density at radius 1 is 1.50 bits per heavy atom. The number of nitrogens with two attached hydrogens (primary N) is 1. The van der Waals surface area contributed by atoms with Crippen LogP contribution in [0.5, 0.6) is 0 Å². The van der Waals surface area contributed by atoms with Crippen LogP contribution in [0.25, 0.3) is 0 Å². The van der Waals surface area contributed by atoms with Crippen molar-refractivity contribution in [2.24, 2.45) is 5.73 Å². The van der Waals surface area contributed by atoms with Crippen LogP contribution in [0.3, 0.4) is 0 Å². The molecule has 1 aromatic rings. The van der Waals surface area contributed by atoms with Crippen LogP contribution in [0.2, 0.25) is 0 Å². The van der Waals surface area contributed by atoms with Crippen LogP contribution < -0.4 is 10.5 Å². The molecule has 3 N–H and O–H groups in total. The second-order valence-corrected chi connectivity index (χ2v) is 6.26. The summed E-state index contributed by atoms with van der Waals surface area (Å²) >= 11 is 1.47. The third-order valence-corrected chi connectivity index (χ3v) is 4.17. The minimum Gasteiger partial charge on any atom is -0.320 e. The fourth-order valence-corrected chi connectivity index (χ4v) is 2.45. The normalized spacial score (nSPS) is 10.9. The molecule has 0 aromatic carbocycles. The van der Waals surface area contributed by atoms with E-state index >= 15 is 0 Å². The van der Waals surface area contributed by atoms with E-state index in [1.807, 2.05) is 12.1 Å². The summed E-state index contributed by atoms with van der Waals surface area (Å²) in [5.41, 5.74) is 5.26. The van der Waals surface area contributed by atoms with E-state index in [1.165, 1.54) is 11.3 Å².